The standard InChI is InChI=1S/C9H12F2N2O3/c1-3-15-8(14)7-12-6(16-13-7)4-5-9(2,10)11/h3-5H2,1-2H3. The molecule has 5 nitrogen and oxygen atoms in total. The fraction of sp³-hybridized carbons (Fsp3) is 0.667. The predicted octanol–water partition coefficient (Wildman–Crippen LogP) is 1.83. The van der Waals surface area contributed by atoms with Crippen LogP contribution in [0.4, 0.5) is 8.78 Å². The molecule has 0 aliphatic rings. The second kappa shape index (κ2) is 5.00. The summed E-state index contributed by atoms with van der Waals surface area (Å²) >= 11 is 0. The fourth-order valence-electron chi connectivity index (χ4n) is 0.961. The number of carbonyl (C=O) groups excluding carboxylic acids is 1. The molecular formula is C9H12F2N2O3. The average molecular weight is 234 g/mol. The van der Waals surface area contributed by atoms with Crippen LogP contribution in [0.1, 0.15) is 36.8 Å². The van der Waals surface area contributed by atoms with Crippen LogP contribution in [0.25, 0.3) is 0 Å². The van der Waals surface area contributed by atoms with Crippen LogP contribution in [0.3, 0.4) is 0 Å². The summed E-state index contributed by atoms with van der Waals surface area (Å²) in [7, 11) is 0. The van der Waals surface area contributed by atoms with E-state index in [0.29, 0.717) is 0 Å². The summed E-state index contributed by atoms with van der Waals surface area (Å²) in [6, 6.07) is 0. The van der Waals surface area contributed by atoms with Gasteiger partial charge in [0.15, 0.2) is 0 Å². The number of hydrogen-bond acceptors (Lipinski definition) is 5. The van der Waals surface area contributed by atoms with Crippen LogP contribution >= 0.6 is 0 Å². The minimum absolute atomic E-state index is 0.00424. The Morgan fingerprint density at radius 1 is 1.56 bits per heavy atom. The van der Waals surface area contributed by atoms with Crippen molar-refractivity contribution in [2.75, 3.05) is 6.61 Å². The predicted molar refractivity (Wildman–Crippen MR) is 49.2 cm³/mol. The minimum Gasteiger partial charge on any atom is -0.460 e. The summed E-state index contributed by atoms with van der Waals surface area (Å²) in [5, 5.41) is 3.33. The van der Waals surface area contributed by atoms with E-state index in [1.165, 1.54) is 0 Å². The molecule has 1 aromatic rings. The molecule has 0 amide bonds. The third-order valence-corrected chi connectivity index (χ3v) is 1.70. The van der Waals surface area contributed by atoms with Gasteiger partial charge >= 0.3 is 5.97 Å². The highest BCUT2D eigenvalue weighted by molar-refractivity contribution is 5.84. The lowest BCUT2D eigenvalue weighted by molar-refractivity contribution is 0.0114. The van der Waals surface area contributed by atoms with E-state index in [1.54, 1.807) is 6.92 Å². The second-order valence-corrected chi connectivity index (χ2v) is 3.30. The summed E-state index contributed by atoms with van der Waals surface area (Å²) < 4.78 is 34.3. The number of hydrogen-bond donors (Lipinski definition) is 0. The van der Waals surface area contributed by atoms with E-state index < -0.39 is 18.3 Å². The van der Waals surface area contributed by atoms with Crippen LogP contribution in [-0.4, -0.2) is 28.6 Å². The number of aromatic nitrogens is 2. The summed E-state index contributed by atoms with van der Waals surface area (Å²) in [6.07, 6.45) is -0.479. The van der Waals surface area contributed by atoms with E-state index in [1.807, 2.05) is 0 Å². The van der Waals surface area contributed by atoms with Gasteiger partial charge in [-0.25, -0.2) is 13.6 Å². The molecular weight excluding hydrogens is 222 g/mol. The molecule has 0 saturated heterocycles. The maximum Gasteiger partial charge on any atom is 0.379 e. The van der Waals surface area contributed by atoms with E-state index in [9.17, 15) is 13.6 Å². The van der Waals surface area contributed by atoms with Crippen molar-refractivity contribution in [1.29, 1.82) is 0 Å². The Kier molecular flexibility index (Phi) is 3.92. The molecule has 1 rings (SSSR count). The molecule has 0 aromatic carbocycles. The zero-order chi connectivity index (χ0) is 12.2. The first-order chi connectivity index (χ1) is 7.42. The molecule has 0 saturated carbocycles. The maximum absolute atomic E-state index is 12.5. The van der Waals surface area contributed by atoms with Gasteiger partial charge in [0.1, 0.15) is 0 Å². The minimum atomic E-state index is -2.79. The Bertz CT molecular complexity index is 360. The van der Waals surface area contributed by atoms with Gasteiger partial charge in [-0.05, 0) is 19.0 Å². The summed E-state index contributed by atoms with van der Waals surface area (Å²) in [6.45, 7) is 2.63. The summed E-state index contributed by atoms with van der Waals surface area (Å²) in [5.74, 6) is -3.75. The molecule has 0 spiro atoms. The van der Waals surface area contributed by atoms with Gasteiger partial charge in [-0.2, -0.15) is 4.98 Å². The molecule has 1 heterocycles. The van der Waals surface area contributed by atoms with Crippen LogP contribution in [0.5, 0.6) is 0 Å². The maximum atomic E-state index is 12.5. The van der Waals surface area contributed by atoms with Gasteiger partial charge in [-0.3, -0.25) is 0 Å². The van der Waals surface area contributed by atoms with Crippen LogP contribution in [0.15, 0.2) is 4.52 Å². The number of carbonyl (C=O) groups is 1. The van der Waals surface area contributed by atoms with Crippen molar-refractivity contribution >= 4 is 5.97 Å². The van der Waals surface area contributed by atoms with Crippen molar-refractivity contribution in [3.8, 4) is 0 Å². The molecule has 1 aromatic heterocycles. The van der Waals surface area contributed by atoms with Crippen molar-refractivity contribution < 1.29 is 22.8 Å². The number of aryl methyl sites for hydroxylation is 1. The topological polar surface area (TPSA) is 65.2 Å². The highest BCUT2D eigenvalue weighted by Gasteiger charge is 2.23. The smallest absolute Gasteiger partial charge is 0.379 e. The van der Waals surface area contributed by atoms with Gasteiger partial charge in [-0.1, -0.05) is 0 Å². The number of alkyl halides is 2. The third-order valence-electron chi connectivity index (χ3n) is 1.70. The van der Waals surface area contributed by atoms with Crippen molar-refractivity contribution in [3.63, 3.8) is 0 Å². The van der Waals surface area contributed by atoms with Gasteiger partial charge < -0.3 is 9.26 Å². The molecule has 16 heavy (non-hydrogen) atoms. The Morgan fingerprint density at radius 2 is 2.25 bits per heavy atom. The number of halogens is 2. The van der Waals surface area contributed by atoms with Crippen LogP contribution in [0, 0.1) is 0 Å². The van der Waals surface area contributed by atoms with Gasteiger partial charge in [0.25, 0.3) is 5.82 Å². The number of esters is 1. The molecule has 0 radical (unpaired) electrons. The molecule has 0 N–H and O–H groups in total. The SMILES string of the molecule is CCOC(=O)c1noc(CCC(C)(F)F)n1. The number of nitrogens with zero attached hydrogens (tertiary/aromatic N) is 2. The van der Waals surface area contributed by atoms with E-state index in [4.69, 9.17) is 0 Å². The molecule has 0 aliphatic heterocycles. The lowest BCUT2D eigenvalue weighted by atomic mass is 10.2. The zero-order valence-corrected chi connectivity index (χ0v) is 9.00. The van der Waals surface area contributed by atoms with E-state index in [-0.39, 0.29) is 24.7 Å². The Hall–Kier alpha value is -1.53. The first-order valence-electron chi connectivity index (χ1n) is 4.80. The Morgan fingerprint density at radius 3 is 2.81 bits per heavy atom. The molecule has 90 valence electrons. The largest absolute Gasteiger partial charge is 0.460 e. The second-order valence-electron chi connectivity index (χ2n) is 3.30. The van der Waals surface area contributed by atoms with Gasteiger partial charge in [0, 0.05) is 12.8 Å². The van der Waals surface area contributed by atoms with Crippen LogP contribution < -0.4 is 0 Å². The van der Waals surface area contributed by atoms with Crippen molar-refractivity contribution in [1.82, 2.24) is 10.1 Å². The highest BCUT2D eigenvalue weighted by Crippen LogP contribution is 2.19. The van der Waals surface area contributed by atoms with Crippen LogP contribution in [-0.2, 0) is 11.2 Å². The van der Waals surface area contributed by atoms with Crippen molar-refractivity contribution in [2.45, 2.75) is 32.6 Å². The van der Waals surface area contributed by atoms with E-state index in [0.717, 1.165) is 6.92 Å². The van der Waals surface area contributed by atoms with Crippen molar-refractivity contribution in [3.05, 3.63) is 11.7 Å². The quantitative estimate of drug-likeness (QED) is 0.727. The Balaban J connectivity index is 2.55. The van der Waals surface area contributed by atoms with Gasteiger partial charge in [-0.15, -0.1) is 0 Å². The van der Waals surface area contributed by atoms with E-state index >= 15 is 0 Å². The first kappa shape index (κ1) is 12.5. The first-order valence-corrected chi connectivity index (χ1v) is 4.80. The lowest BCUT2D eigenvalue weighted by Gasteiger charge is -2.06. The monoisotopic (exact) mass is 234 g/mol. The molecule has 0 bridgehead atoms. The molecule has 0 fully saturated rings. The molecule has 0 unspecified atom stereocenters. The number of rotatable bonds is 5. The molecule has 7 heteroatoms. The Labute approximate surface area is 90.8 Å². The molecule has 0 aliphatic carbocycles. The lowest BCUT2D eigenvalue weighted by Crippen LogP contribution is -2.11. The highest BCUT2D eigenvalue weighted by atomic mass is 19.3. The van der Waals surface area contributed by atoms with Crippen molar-refractivity contribution in [2.24, 2.45) is 0 Å². The van der Waals surface area contributed by atoms with Gasteiger partial charge in [0.05, 0.1) is 6.61 Å². The van der Waals surface area contributed by atoms with Gasteiger partial charge in [0.2, 0.25) is 11.8 Å². The summed E-state index contributed by atoms with van der Waals surface area (Å²) in [4.78, 5) is 14.8. The fourth-order valence-corrected chi connectivity index (χ4v) is 0.961. The normalized spacial score (nSPS) is 11.5. The third kappa shape index (κ3) is 3.92. The zero-order valence-electron chi connectivity index (χ0n) is 9.00. The summed E-state index contributed by atoms with van der Waals surface area (Å²) in [5.41, 5.74) is 0. The average Bonchev–Trinajstić information content (AvgIpc) is 2.62. The van der Waals surface area contributed by atoms with Crippen LogP contribution in [0.2, 0.25) is 0 Å². The number of ether oxygens (including phenoxy) is 1. The molecule has 0 atom stereocenters. The van der Waals surface area contributed by atoms with E-state index in [2.05, 4.69) is 19.4 Å².